The van der Waals surface area contributed by atoms with E-state index in [0.29, 0.717) is 6.54 Å². The first-order chi connectivity index (χ1) is 7.13. The van der Waals surface area contributed by atoms with Gasteiger partial charge in [-0.2, -0.15) is 0 Å². The Bertz CT molecular complexity index is 350. The molecule has 0 atom stereocenters. The second-order valence-corrected chi connectivity index (χ2v) is 3.43. The first-order valence-corrected chi connectivity index (χ1v) is 4.95. The maximum atomic E-state index is 10.9. The molecule has 15 heavy (non-hydrogen) atoms. The van der Waals surface area contributed by atoms with Crippen molar-refractivity contribution in [3.63, 3.8) is 0 Å². The van der Waals surface area contributed by atoms with Gasteiger partial charge in [0.15, 0.2) is 0 Å². The van der Waals surface area contributed by atoms with Crippen LogP contribution in [-0.2, 0) is 4.79 Å². The van der Waals surface area contributed by atoms with Gasteiger partial charge >= 0.3 is 0 Å². The maximum absolute atomic E-state index is 10.9. The highest BCUT2D eigenvalue weighted by Gasteiger charge is 2.00. The van der Waals surface area contributed by atoms with Gasteiger partial charge in [0.05, 0.1) is 0 Å². The molecule has 4 nitrogen and oxygen atoms in total. The monoisotopic (exact) mass is 207 g/mol. The van der Waals surface area contributed by atoms with Crippen molar-refractivity contribution in [1.29, 1.82) is 0 Å². The van der Waals surface area contributed by atoms with Crippen molar-refractivity contribution in [3.05, 3.63) is 23.8 Å². The molecule has 0 saturated heterocycles. The second kappa shape index (κ2) is 5.36. The predicted octanol–water partition coefficient (Wildman–Crippen LogP) is 1.32. The summed E-state index contributed by atoms with van der Waals surface area (Å²) in [7, 11) is 0. The van der Waals surface area contributed by atoms with Gasteiger partial charge in [-0.1, -0.05) is 0 Å². The average Bonchev–Trinajstić information content (AvgIpc) is 2.18. The summed E-state index contributed by atoms with van der Waals surface area (Å²) in [5.74, 6) is -0.0548. The minimum Gasteiger partial charge on any atom is -0.384 e. The fourth-order valence-corrected chi connectivity index (χ4v) is 1.32. The molecule has 0 saturated carbocycles. The van der Waals surface area contributed by atoms with E-state index in [2.05, 4.69) is 10.6 Å². The van der Waals surface area contributed by atoms with Crippen molar-refractivity contribution in [2.45, 2.75) is 13.8 Å². The molecule has 0 aliphatic heterocycles. The van der Waals surface area contributed by atoms with Gasteiger partial charge in [-0.3, -0.25) is 4.79 Å². The highest BCUT2D eigenvalue weighted by Crippen LogP contribution is 2.19. The van der Waals surface area contributed by atoms with Crippen molar-refractivity contribution < 1.29 is 4.79 Å². The zero-order valence-electron chi connectivity index (χ0n) is 9.13. The molecule has 1 amide bonds. The Morgan fingerprint density at radius 1 is 1.47 bits per heavy atom. The van der Waals surface area contributed by atoms with E-state index in [9.17, 15) is 4.79 Å². The summed E-state index contributed by atoms with van der Waals surface area (Å²) < 4.78 is 0. The predicted molar refractivity (Wildman–Crippen MR) is 63.0 cm³/mol. The molecule has 0 spiro atoms. The van der Waals surface area contributed by atoms with Crippen LogP contribution in [0.3, 0.4) is 0 Å². The minimum atomic E-state index is -0.0548. The molecule has 1 aromatic carbocycles. The topological polar surface area (TPSA) is 67.2 Å². The number of nitrogens with one attached hydrogen (secondary N) is 2. The van der Waals surface area contributed by atoms with E-state index in [-0.39, 0.29) is 5.91 Å². The van der Waals surface area contributed by atoms with Crippen molar-refractivity contribution in [2.24, 2.45) is 5.73 Å². The number of aryl methyl sites for hydroxylation is 1. The Hall–Kier alpha value is -1.55. The van der Waals surface area contributed by atoms with Crippen LogP contribution in [0.25, 0.3) is 0 Å². The van der Waals surface area contributed by atoms with Crippen LogP contribution in [0.5, 0.6) is 0 Å². The van der Waals surface area contributed by atoms with E-state index in [1.54, 1.807) is 0 Å². The van der Waals surface area contributed by atoms with E-state index in [0.717, 1.165) is 23.5 Å². The van der Waals surface area contributed by atoms with E-state index in [4.69, 9.17) is 5.73 Å². The number of amides is 1. The molecule has 0 bridgehead atoms. The summed E-state index contributed by atoms with van der Waals surface area (Å²) in [5.41, 5.74) is 8.29. The smallest absolute Gasteiger partial charge is 0.221 e. The number of anilines is 2. The van der Waals surface area contributed by atoms with Crippen molar-refractivity contribution in [2.75, 3.05) is 23.7 Å². The molecular weight excluding hydrogens is 190 g/mol. The first-order valence-electron chi connectivity index (χ1n) is 4.95. The molecule has 0 fully saturated rings. The third-order valence-corrected chi connectivity index (χ3v) is 2.01. The fourth-order valence-electron chi connectivity index (χ4n) is 1.32. The van der Waals surface area contributed by atoms with Crippen LogP contribution in [0.2, 0.25) is 0 Å². The van der Waals surface area contributed by atoms with Gasteiger partial charge in [-0.15, -0.1) is 0 Å². The lowest BCUT2D eigenvalue weighted by Gasteiger charge is -2.10. The number of rotatable bonds is 4. The van der Waals surface area contributed by atoms with E-state index < -0.39 is 0 Å². The Morgan fingerprint density at radius 2 is 2.20 bits per heavy atom. The maximum Gasteiger partial charge on any atom is 0.221 e. The molecule has 0 unspecified atom stereocenters. The summed E-state index contributed by atoms with van der Waals surface area (Å²) in [6, 6.07) is 5.80. The van der Waals surface area contributed by atoms with E-state index >= 15 is 0 Å². The summed E-state index contributed by atoms with van der Waals surface area (Å²) in [4.78, 5) is 10.9. The number of benzene rings is 1. The van der Waals surface area contributed by atoms with E-state index in [1.807, 2.05) is 25.1 Å². The average molecular weight is 207 g/mol. The lowest BCUT2D eigenvalue weighted by Crippen LogP contribution is -2.13. The molecular formula is C11H17N3O. The largest absolute Gasteiger partial charge is 0.384 e. The number of hydrogen-bond acceptors (Lipinski definition) is 3. The number of hydrogen-bond donors (Lipinski definition) is 3. The van der Waals surface area contributed by atoms with Crippen LogP contribution in [0.4, 0.5) is 11.4 Å². The zero-order chi connectivity index (χ0) is 11.3. The van der Waals surface area contributed by atoms with Gasteiger partial charge in [-0.05, 0) is 30.7 Å². The van der Waals surface area contributed by atoms with Crippen LogP contribution < -0.4 is 16.4 Å². The molecule has 0 heterocycles. The summed E-state index contributed by atoms with van der Waals surface area (Å²) in [6.07, 6.45) is 0. The Kier molecular flexibility index (Phi) is 4.12. The van der Waals surface area contributed by atoms with Gasteiger partial charge in [0, 0.05) is 31.4 Å². The fraction of sp³-hybridized carbons (Fsp3) is 0.364. The Morgan fingerprint density at radius 3 is 2.73 bits per heavy atom. The molecule has 0 radical (unpaired) electrons. The SMILES string of the molecule is CC(=O)Nc1ccc(NCCN)cc1C. The quantitative estimate of drug-likeness (QED) is 0.697. The molecule has 0 aliphatic rings. The molecule has 82 valence electrons. The van der Waals surface area contributed by atoms with Gasteiger partial charge < -0.3 is 16.4 Å². The minimum absolute atomic E-state index is 0.0548. The van der Waals surface area contributed by atoms with Crippen LogP contribution >= 0.6 is 0 Å². The normalized spacial score (nSPS) is 9.80. The van der Waals surface area contributed by atoms with Gasteiger partial charge in [0.25, 0.3) is 0 Å². The van der Waals surface area contributed by atoms with Crippen molar-refractivity contribution in [1.82, 2.24) is 0 Å². The number of carbonyl (C=O) groups excluding carboxylic acids is 1. The zero-order valence-corrected chi connectivity index (χ0v) is 9.13. The molecule has 0 aliphatic carbocycles. The second-order valence-electron chi connectivity index (χ2n) is 3.43. The van der Waals surface area contributed by atoms with Gasteiger partial charge in [-0.25, -0.2) is 0 Å². The van der Waals surface area contributed by atoms with Crippen LogP contribution in [0, 0.1) is 6.92 Å². The lowest BCUT2D eigenvalue weighted by atomic mass is 10.1. The molecule has 0 aromatic heterocycles. The third kappa shape index (κ3) is 3.59. The summed E-state index contributed by atoms with van der Waals surface area (Å²) in [6.45, 7) is 4.81. The van der Waals surface area contributed by atoms with Crippen LogP contribution in [0.1, 0.15) is 12.5 Å². The molecule has 4 heteroatoms. The van der Waals surface area contributed by atoms with Crippen molar-refractivity contribution in [3.8, 4) is 0 Å². The highest BCUT2D eigenvalue weighted by atomic mass is 16.1. The number of nitrogens with two attached hydrogens (primary N) is 1. The molecule has 4 N–H and O–H groups in total. The van der Waals surface area contributed by atoms with Crippen LogP contribution in [0.15, 0.2) is 18.2 Å². The standard InChI is InChI=1S/C11H17N3O/c1-8-7-10(13-6-5-12)3-4-11(8)14-9(2)15/h3-4,7,13H,5-6,12H2,1-2H3,(H,14,15). The molecule has 1 rings (SSSR count). The molecule has 1 aromatic rings. The van der Waals surface area contributed by atoms with E-state index in [1.165, 1.54) is 6.92 Å². The highest BCUT2D eigenvalue weighted by molar-refractivity contribution is 5.89. The Labute approximate surface area is 89.9 Å². The number of carbonyl (C=O) groups is 1. The lowest BCUT2D eigenvalue weighted by molar-refractivity contribution is -0.114. The van der Waals surface area contributed by atoms with Crippen LogP contribution in [-0.4, -0.2) is 19.0 Å². The third-order valence-electron chi connectivity index (χ3n) is 2.01. The summed E-state index contributed by atoms with van der Waals surface area (Å²) >= 11 is 0. The Balaban J connectivity index is 2.74. The first kappa shape index (κ1) is 11.5. The summed E-state index contributed by atoms with van der Waals surface area (Å²) in [5, 5.41) is 5.94. The van der Waals surface area contributed by atoms with Crippen molar-refractivity contribution >= 4 is 17.3 Å². The van der Waals surface area contributed by atoms with Gasteiger partial charge in [0.1, 0.15) is 0 Å². The van der Waals surface area contributed by atoms with Gasteiger partial charge in [0.2, 0.25) is 5.91 Å².